The molecule has 2 aromatic rings. The number of hydrogen-bond acceptors (Lipinski definition) is 4. The Bertz CT molecular complexity index is 959. The summed E-state index contributed by atoms with van der Waals surface area (Å²) in [4.78, 5) is 26.6. The summed E-state index contributed by atoms with van der Waals surface area (Å²) < 4.78 is 43.4. The van der Waals surface area contributed by atoms with Gasteiger partial charge in [0.05, 0.1) is 5.56 Å². The Kier molecular flexibility index (Phi) is 8.75. The lowest BCUT2D eigenvalue weighted by molar-refractivity contribution is -0.137. The first kappa shape index (κ1) is 25.4. The quantitative estimate of drug-likeness (QED) is 0.553. The number of benzene rings is 2. The molecular formula is C24H28F3N3O4. The van der Waals surface area contributed by atoms with E-state index >= 15 is 0 Å². The van der Waals surface area contributed by atoms with Crippen LogP contribution in [0.1, 0.15) is 41.6 Å². The Morgan fingerprint density at radius 3 is 2.35 bits per heavy atom. The highest BCUT2D eigenvalue weighted by Gasteiger charge is 2.30. The Balaban J connectivity index is 1.41. The number of urea groups is 1. The van der Waals surface area contributed by atoms with Crippen LogP contribution in [0, 0.1) is 0 Å². The van der Waals surface area contributed by atoms with Crippen molar-refractivity contribution in [2.75, 3.05) is 31.6 Å². The molecule has 0 radical (unpaired) electrons. The number of aliphatic hydroxyl groups is 1. The molecule has 0 saturated carbocycles. The van der Waals surface area contributed by atoms with Gasteiger partial charge >= 0.3 is 12.2 Å². The molecular weight excluding hydrogens is 451 g/mol. The maximum Gasteiger partial charge on any atom is 0.416 e. The number of nitrogens with one attached hydrogen (secondary N) is 2. The van der Waals surface area contributed by atoms with Crippen LogP contribution in [0.5, 0.6) is 5.75 Å². The van der Waals surface area contributed by atoms with E-state index in [9.17, 15) is 27.9 Å². The van der Waals surface area contributed by atoms with Crippen LogP contribution in [-0.2, 0) is 6.18 Å². The van der Waals surface area contributed by atoms with E-state index in [1.54, 1.807) is 24.3 Å². The number of anilines is 1. The third-order valence-corrected chi connectivity index (χ3v) is 5.38. The van der Waals surface area contributed by atoms with Crippen LogP contribution in [0.4, 0.5) is 23.7 Å². The predicted molar refractivity (Wildman–Crippen MR) is 121 cm³/mol. The number of carbonyl (C=O) groups excluding carboxylic acids is 2. The van der Waals surface area contributed by atoms with E-state index < -0.39 is 23.9 Å². The van der Waals surface area contributed by atoms with Crippen molar-refractivity contribution in [2.24, 2.45) is 0 Å². The summed E-state index contributed by atoms with van der Waals surface area (Å²) in [7, 11) is 0. The van der Waals surface area contributed by atoms with Crippen molar-refractivity contribution >= 4 is 17.6 Å². The number of ether oxygens (including phenoxy) is 1. The second-order valence-corrected chi connectivity index (χ2v) is 8.11. The molecule has 184 valence electrons. The van der Waals surface area contributed by atoms with Gasteiger partial charge < -0.3 is 25.4 Å². The normalized spacial score (nSPS) is 15.2. The number of hydrogen-bond donors (Lipinski definition) is 3. The molecule has 3 rings (SSSR count). The molecule has 7 nitrogen and oxygen atoms in total. The Labute approximate surface area is 195 Å². The largest absolute Gasteiger partial charge is 0.491 e. The predicted octanol–water partition coefficient (Wildman–Crippen LogP) is 4.28. The van der Waals surface area contributed by atoms with Crippen LogP contribution in [0.25, 0.3) is 0 Å². The lowest BCUT2D eigenvalue weighted by Gasteiger charge is -2.20. The molecule has 1 aliphatic heterocycles. The minimum atomic E-state index is -4.49. The van der Waals surface area contributed by atoms with Crippen molar-refractivity contribution in [2.45, 2.75) is 38.0 Å². The molecule has 3 amide bonds. The van der Waals surface area contributed by atoms with E-state index in [4.69, 9.17) is 4.74 Å². The number of alkyl halides is 3. The third-order valence-electron chi connectivity index (χ3n) is 5.38. The molecule has 1 saturated heterocycles. The lowest BCUT2D eigenvalue weighted by Crippen LogP contribution is -2.37. The molecule has 1 heterocycles. The van der Waals surface area contributed by atoms with Crippen molar-refractivity contribution in [3.8, 4) is 5.75 Å². The molecule has 0 bridgehead atoms. The maximum absolute atomic E-state index is 12.7. The molecule has 0 aromatic heterocycles. The first-order chi connectivity index (χ1) is 16.2. The van der Waals surface area contributed by atoms with Crippen LogP contribution < -0.4 is 15.4 Å². The van der Waals surface area contributed by atoms with Gasteiger partial charge in [-0.15, -0.1) is 0 Å². The molecule has 10 heteroatoms. The van der Waals surface area contributed by atoms with Gasteiger partial charge in [-0.25, -0.2) is 4.79 Å². The number of nitrogens with zero attached hydrogens (tertiary/aromatic N) is 1. The van der Waals surface area contributed by atoms with Gasteiger partial charge in [0.15, 0.2) is 0 Å². The van der Waals surface area contributed by atoms with Gasteiger partial charge in [-0.05, 0) is 55.3 Å². The minimum Gasteiger partial charge on any atom is -0.491 e. The zero-order valence-electron chi connectivity index (χ0n) is 18.6. The summed E-state index contributed by atoms with van der Waals surface area (Å²) in [5, 5.41) is 15.0. The Morgan fingerprint density at radius 1 is 1.03 bits per heavy atom. The number of likely N-dealkylation sites (tertiary alicyclic amines) is 1. The minimum absolute atomic E-state index is 0.0261. The molecule has 1 atom stereocenters. The SMILES string of the molecule is O=C(NCC(O)COc1cccc(C(F)(F)F)c1)Nc1ccc(C(=O)N2CCCCCC2)cc1. The summed E-state index contributed by atoms with van der Waals surface area (Å²) in [5.41, 5.74) is 0.172. The number of amides is 3. The summed E-state index contributed by atoms with van der Waals surface area (Å²) in [6, 6.07) is 10.3. The second kappa shape index (κ2) is 11.7. The van der Waals surface area contributed by atoms with Crippen LogP contribution in [0.2, 0.25) is 0 Å². The van der Waals surface area contributed by atoms with Crippen LogP contribution in [0.3, 0.4) is 0 Å². The smallest absolute Gasteiger partial charge is 0.416 e. The monoisotopic (exact) mass is 479 g/mol. The van der Waals surface area contributed by atoms with Gasteiger partial charge in [-0.3, -0.25) is 4.79 Å². The number of rotatable bonds is 7. The van der Waals surface area contributed by atoms with Crippen molar-refractivity contribution in [1.29, 1.82) is 0 Å². The summed E-state index contributed by atoms with van der Waals surface area (Å²) >= 11 is 0. The topological polar surface area (TPSA) is 90.9 Å². The third kappa shape index (κ3) is 7.65. The molecule has 0 spiro atoms. The summed E-state index contributed by atoms with van der Waals surface area (Å²) in [5.74, 6) is -0.0602. The second-order valence-electron chi connectivity index (χ2n) is 8.11. The Morgan fingerprint density at radius 2 is 1.71 bits per heavy atom. The van der Waals surface area contributed by atoms with Crippen molar-refractivity contribution in [3.63, 3.8) is 0 Å². The van der Waals surface area contributed by atoms with Crippen LogP contribution >= 0.6 is 0 Å². The van der Waals surface area contributed by atoms with Gasteiger partial charge in [0.2, 0.25) is 0 Å². The zero-order valence-corrected chi connectivity index (χ0v) is 18.6. The highest BCUT2D eigenvalue weighted by atomic mass is 19.4. The molecule has 1 fully saturated rings. The van der Waals surface area contributed by atoms with Gasteiger partial charge in [0, 0.05) is 30.9 Å². The lowest BCUT2D eigenvalue weighted by atomic mass is 10.1. The average molecular weight is 479 g/mol. The Hall–Kier alpha value is -3.27. The van der Waals surface area contributed by atoms with Crippen LogP contribution in [-0.4, -0.2) is 54.3 Å². The number of carbonyl (C=O) groups is 2. The molecule has 3 N–H and O–H groups in total. The first-order valence-electron chi connectivity index (χ1n) is 11.1. The summed E-state index contributed by atoms with van der Waals surface area (Å²) in [6.45, 7) is 1.04. The highest BCUT2D eigenvalue weighted by molar-refractivity contribution is 5.95. The van der Waals surface area contributed by atoms with Gasteiger partial charge in [0.25, 0.3) is 5.91 Å². The van der Waals surface area contributed by atoms with E-state index in [0.717, 1.165) is 50.9 Å². The van der Waals surface area contributed by atoms with E-state index in [0.29, 0.717) is 11.3 Å². The molecule has 2 aromatic carbocycles. The molecule has 34 heavy (non-hydrogen) atoms. The van der Waals surface area contributed by atoms with Gasteiger partial charge in [-0.2, -0.15) is 13.2 Å². The van der Waals surface area contributed by atoms with Crippen molar-refractivity contribution < 1.29 is 32.6 Å². The molecule has 0 aliphatic carbocycles. The van der Waals surface area contributed by atoms with E-state index in [1.165, 1.54) is 12.1 Å². The van der Waals surface area contributed by atoms with Crippen molar-refractivity contribution in [3.05, 3.63) is 59.7 Å². The number of halogens is 3. The first-order valence-corrected chi connectivity index (χ1v) is 11.1. The summed E-state index contributed by atoms with van der Waals surface area (Å²) in [6.07, 6.45) is -1.35. The van der Waals surface area contributed by atoms with Crippen LogP contribution in [0.15, 0.2) is 48.5 Å². The standard InChI is InChI=1S/C24H28F3N3O4/c25-24(26,27)18-6-5-7-21(14-18)34-16-20(31)15-28-23(33)29-19-10-8-17(9-11-19)22(32)30-12-3-1-2-4-13-30/h5-11,14,20,31H,1-4,12-13,15-16H2,(H2,28,29,33). The van der Waals surface area contributed by atoms with E-state index in [2.05, 4.69) is 10.6 Å². The maximum atomic E-state index is 12.7. The molecule has 1 unspecified atom stereocenters. The average Bonchev–Trinajstić information content (AvgIpc) is 3.11. The van der Waals surface area contributed by atoms with E-state index in [-0.39, 0.29) is 24.8 Å². The highest BCUT2D eigenvalue weighted by Crippen LogP contribution is 2.31. The fourth-order valence-electron chi connectivity index (χ4n) is 3.55. The fraction of sp³-hybridized carbons (Fsp3) is 0.417. The fourth-order valence-corrected chi connectivity index (χ4v) is 3.55. The van der Waals surface area contributed by atoms with E-state index in [1.807, 2.05) is 4.90 Å². The van der Waals surface area contributed by atoms with Crippen molar-refractivity contribution in [1.82, 2.24) is 10.2 Å². The zero-order chi connectivity index (χ0) is 24.6. The number of aliphatic hydroxyl groups excluding tert-OH is 1. The van der Waals surface area contributed by atoms with Gasteiger partial charge in [-0.1, -0.05) is 18.9 Å². The van der Waals surface area contributed by atoms with Gasteiger partial charge in [0.1, 0.15) is 18.5 Å². The molecule has 1 aliphatic rings.